The molecule has 0 bridgehead atoms. The van der Waals surface area contributed by atoms with Gasteiger partial charge in [0.05, 0.1) is 17.1 Å². The Morgan fingerprint density at radius 1 is 1.23 bits per heavy atom. The maximum absolute atomic E-state index is 13.9. The van der Waals surface area contributed by atoms with Crippen LogP contribution in [-0.2, 0) is 4.74 Å². The fraction of sp³-hybridized carbons (Fsp3) is 0.350. The van der Waals surface area contributed by atoms with E-state index in [1.165, 1.54) is 18.2 Å². The van der Waals surface area contributed by atoms with Crippen molar-refractivity contribution in [3.05, 3.63) is 59.7 Å². The van der Waals surface area contributed by atoms with Gasteiger partial charge in [0.1, 0.15) is 23.5 Å². The van der Waals surface area contributed by atoms with Crippen LogP contribution < -0.4 is 0 Å². The Morgan fingerprint density at radius 2 is 2.00 bits per heavy atom. The number of H-pyrrole nitrogens is 1. The van der Waals surface area contributed by atoms with Gasteiger partial charge in [-0.15, -0.1) is 0 Å². The number of piperidine rings is 1. The lowest BCUT2D eigenvalue weighted by Crippen LogP contribution is -2.35. The molecule has 6 heteroatoms. The van der Waals surface area contributed by atoms with E-state index in [1.807, 2.05) is 24.3 Å². The van der Waals surface area contributed by atoms with Gasteiger partial charge in [-0.2, -0.15) is 0 Å². The van der Waals surface area contributed by atoms with E-state index in [0.29, 0.717) is 11.4 Å². The number of hydrogen-bond donors (Lipinski definition) is 2. The molecule has 1 aromatic heterocycles. The number of benzene rings is 2. The third-order valence-electron chi connectivity index (χ3n) is 4.92. The summed E-state index contributed by atoms with van der Waals surface area (Å²) in [7, 11) is 2.09. The molecule has 3 aromatic rings. The van der Waals surface area contributed by atoms with Crippen molar-refractivity contribution in [1.82, 2.24) is 14.9 Å². The summed E-state index contributed by atoms with van der Waals surface area (Å²) in [5, 5.41) is 10.3. The van der Waals surface area contributed by atoms with Gasteiger partial charge in [0, 0.05) is 18.7 Å². The molecule has 1 aliphatic rings. The van der Waals surface area contributed by atoms with Gasteiger partial charge in [-0.05, 0) is 50.2 Å². The number of phenols is 1. The molecule has 136 valence electrons. The maximum Gasteiger partial charge on any atom is 0.144 e. The average molecular weight is 355 g/mol. The van der Waals surface area contributed by atoms with Crippen LogP contribution in [-0.4, -0.2) is 46.2 Å². The largest absolute Gasteiger partial charge is 0.508 e. The van der Waals surface area contributed by atoms with Crippen molar-refractivity contribution in [2.75, 3.05) is 20.1 Å². The fourth-order valence-corrected chi connectivity index (χ4v) is 3.43. The highest BCUT2D eigenvalue weighted by Crippen LogP contribution is 2.34. The van der Waals surface area contributed by atoms with E-state index in [9.17, 15) is 9.50 Å². The van der Waals surface area contributed by atoms with Gasteiger partial charge < -0.3 is 19.7 Å². The summed E-state index contributed by atoms with van der Waals surface area (Å²) in [4.78, 5) is 10.1. The molecule has 26 heavy (non-hydrogen) atoms. The quantitative estimate of drug-likeness (QED) is 0.751. The van der Waals surface area contributed by atoms with Crippen molar-refractivity contribution >= 4 is 11.0 Å². The van der Waals surface area contributed by atoms with E-state index >= 15 is 0 Å². The number of nitrogens with zero attached hydrogens (tertiary/aromatic N) is 2. The van der Waals surface area contributed by atoms with E-state index < -0.39 is 11.9 Å². The summed E-state index contributed by atoms with van der Waals surface area (Å²) in [5.74, 6) is 0.168. The molecule has 1 unspecified atom stereocenters. The molecule has 0 radical (unpaired) electrons. The first-order valence-electron chi connectivity index (χ1n) is 8.87. The van der Waals surface area contributed by atoms with Gasteiger partial charge in [-0.25, -0.2) is 9.37 Å². The number of fused-ring (bicyclic) bond motifs is 1. The first-order chi connectivity index (χ1) is 12.6. The topological polar surface area (TPSA) is 61.4 Å². The third-order valence-corrected chi connectivity index (χ3v) is 4.92. The van der Waals surface area contributed by atoms with Gasteiger partial charge in [0.25, 0.3) is 0 Å². The smallest absolute Gasteiger partial charge is 0.144 e. The first-order valence-corrected chi connectivity index (χ1v) is 8.87. The number of likely N-dealkylation sites (tertiary alicyclic amines) is 1. The molecular formula is C20H22FN3O2. The molecule has 2 heterocycles. The Hall–Kier alpha value is -2.44. The highest BCUT2D eigenvalue weighted by atomic mass is 19.1. The van der Waals surface area contributed by atoms with Crippen LogP contribution >= 0.6 is 0 Å². The number of hydrogen-bond acceptors (Lipinski definition) is 4. The number of halogens is 1. The van der Waals surface area contributed by atoms with Crippen LogP contribution in [0.5, 0.6) is 5.75 Å². The minimum Gasteiger partial charge on any atom is -0.508 e. The normalized spacial score (nSPS) is 17.6. The van der Waals surface area contributed by atoms with Crippen LogP contribution in [0.1, 0.15) is 30.3 Å². The zero-order chi connectivity index (χ0) is 18.1. The second-order valence-corrected chi connectivity index (χ2v) is 6.86. The van der Waals surface area contributed by atoms with Gasteiger partial charge in [-0.1, -0.05) is 12.1 Å². The van der Waals surface area contributed by atoms with Crippen LogP contribution in [0.15, 0.2) is 42.5 Å². The Balaban J connectivity index is 1.72. The Kier molecular flexibility index (Phi) is 4.61. The molecule has 4 rings (SSSR count). The van der Waals surface area contributed by atoms with Crippen molar-refractivity contribution in [2.45, 2.75) is 25.0 Å². The van der Waals surface area contributed by atoms with Crippen LogP contribution in [0.4, 0.5) is 4.39 Å². The van der Waals surface area contributed by atoms with E-state index in [0.717, 1.165) is 37.0 Å². The molecule has 2 aromatic carbocycles. The molecule has 1 aliphatic heterocycles. The molecule has 1 saturated heterocycles. The fourth-order valence-electron chi connectivity index (χ4n) is 3.43. The summed E-state index contributed by atoms with van der Waals surface area (Å²) in [6.45, 7) is 1.90. The molecule has 1 atom stereocenters. The zero-order valence-corrected chi connectivity index (χ0v) is 14.7. The van der Waals surface area contributed by atoms with Gasteiger partial charge in [0.15, 0.2) is 0 Å². The van der Waals surface area contributed by atoms with Crippen LogP contribution in [0.2, 0.25) is 0 Å². The average Bonchev–Trinajstić information content (AvgIpc) is 3.07. The molecule has 0 aliphatic carbocycles. The number of aromatic hydroxyl groups is 1. The summed E-state index contributed by atoms with van der Waals surface area (Å²) in [6.07, 6.45) is 1.17. The minimum absolute atomic E-state index is 0.00443. The van der Waals surface area contributed by atoms with Crippen molar-refractivity contribution in [3.63, 3.8) is 0 Å². The van der Waals surface area contributed by atoms with Gasteiger partial charge in [0.2, 0.25) is 0 Å². The number of phenolic OH excluding ortho intramolecular Hbond substituents is 1. The van der Waals surface area contributed by atoms with Crippen LogP contribution in [0, 0.1) is 5.82 Å². The Bertz CT molecular complexity index is 870. The van der Waals surface area contributed by atoms with Crippen molar-refractivity contribution in [3.8, 4) is 5.75 Å². The number of ether oxygens (including phenoxy) is 1. The second-order valence-electron chi connectivity index (χ2n) is 6.86. The molecule has 0 amide bonds. The summed E-state index contributed by atoms with van der Waals surface area (Å²) >= 11 is 0. The minimum atomic E-state index is -0.647. The molecular weight excluding hydrogens is 333 g/mol. The van der Waals surface area contributed by atoms with E-state index in [2.05, 4.69) is 21.9 Å². The lowest BCUT2D eigenvalue weighted by atomic mass is 10.0. The number of imidazole rings is 1. The monoisotopic (exact) mass is 355 g/mol. The number of aromatic amines is 1. The summed E-state index contributed by atoms with van der Waals surface area (Å²) < 4.78 is 20.2. The molecule has 0 saturated carbocycles. The molecule has 5 nitrogen and oxygen atoms in total. The highest BCUT2D eigenvalue weighted by Gasteiger charge is 2.28. The first kappa shape index (κ1) is 17.0. The third kappa shape index (κ3) is 3.43. The SMILES string of the molecule is CN1CCC(OC(c2nc3ccccc3[nH]2)c2cc(F)ccc2O)CC1. The van der Waals surface area contributed by atoms with Gasteiger partial charge >= 0.3 is 0 Å². The van der Waals surface area contributed by atoms with Gasteiger partial charge in [-0.3, -0.25) is 0 Å². The van der Waals surface area contributed by atoms with Crippen LogP contribution in [0.3, 0.4) is 0 Å². The number of aromatic nitrogens is 2. The van der Waals surface area contributed by atoms with E-state index in [4.69, 9.17) is 4.74 Å². The number of rotatable bonds is 4. The predicted molar refractivity (Wildman–Crippen MR) is 97.6 cm³/mol. The molecule has 1 fully saturated rings. The zero-order valence-electron chi connectivity index (χ0n) is 14.7. The Labute approximate surface area is 151 Å². The number of nitrogens with one attached hydrogen (secondary N) is 1. The Morgan fingerprint density at radius 3 is 2.77 bits per heavy atom. The second kappa shape index (κ2) is 7.05. The van der Waals surface area contributed by atoms with E-state index in [1.54, 1.807) is 0 Å². The van der Waals surface area contributed by atoms with E-state index in [-0.39, 0.29) is 11.9 Å². The predicted octanol–water partition coefficient (Wildman–Crippen LogP) is 3.61. The lowest BCUT2D eigenvalue weighted by molar-refractivity contribution is -0.0272. The standard InChI is InChI=1S/C20H22FN3O2/c1-24-10-8-14(9-11-24)26-19(15-12-13(21)6-7-18(15)25)20-22-16-4-2-3-5-17(16)23-20/h2-7,12,14,19,25H,8-11H2,1H3,(H,22,23). The lowest BCUT2D eigenvalue weighted by Gasteiger charge is -2.31. The molecule has 2 N–H and O–H groups in total. The highest BCUT2D eigenvalue weighted by molar-refractivity contribution is 5.75. The number of para-hydroxylation sites is 2. The van der Waals surface area contributed by atoms with Crippen molar-refractivity contribution < 1.29 is 14.2 Å². The van der Waals surface area contributed by atoms with Crippen LogP contribution in [0.25, 0.3) is 11.0 Å². The summed E-state index contributed by atoms with van der Waals surface area (Å²) in [6, 6.07) is 11.6. The van der Waals surface area contributed by atoms with Crippen molar-refractivity contribution in [2.24, 2.45) is 0 Å². The van der Waals surface area contributed by atoms with Crippen molar-refractivity contribution in [1.29, 1.82) is 0 Å². The summed E-state index contributed by atoms with van der Waals surface area (Å²) in [5.41, 5.74) is 2.09. The molecule has 0 spiro atoms. The maximum atomic E-state index is 13.9.